The van der Waals surface area contributed by atoms with E-state index in [0.29, 0.717) is 13.1 Å². The van der Waals surface area contributed by atoms with Crippen molar-refractivity contribution in [2.24, 2.45) is 0 Å². The molecule has 126 valence electrons. The van der Waals surface area contributed by atoms with Crippen molar-refractivity contribution in [1.82, 2.24) is 24.8 Å². The van der Waals surface area contributed by atoms with Crippen molar-refractivity contribution in [3.05, 3.63) is 36.8 Å². The molecule has 0 spiro atoms. The first-order valence-corrected chi connectivity index (χ1v) is 7.70. The Labute approximate surface area is 139 Å². The minimum atomic E-state index is -0.271. The maximum atomic E-state index is 11.9. The summed E-state index contributed by atoms with van der Waals surface area (Å²) in [6.45, 7) is 6.73. The molecule has 0 aliphatic carbocycles. The fourth-order valence-corrected chi connectivity index (χ4v) is 2.74. The van der Waals surface area contributed by atoms with Gasteiger partial charge in [-0.3, -0.25) is 9.59 Å². The van der Waals surface area contributed by atoms with Crippen LogP contribution in [0, 0.1) is 6.92 Å². The molecule has 2 aromatic heterocycles. The summed E-state index contributed by atoms with van der Waals surface area (Å²) >= 11 is 0. The van der Waals surface area contributed by atoms with Crippen LogP contribution in [-0.4, -0.2) is 64.0 Å². The zero-order chi connectivity index (χ0) is 17.3. The number of anilines is 1. The van der Waals surface area contributed by atoms with Crippen molar-refractivity contribution in [3.8, 4) is 0 Å². The van der Waals surface area contributed by atoms with Crippen LogP contribution in [0.2, 0.25) is 0 Å². The number of nitrogens with one attached hydrogen (secondary N) is 1. The number of amides is 2. The van der Waals surface area contributed by atoms with E-state index >= 15 is 0 Å². The third kappa shape index (κ3) is 3.08. The molecule has 0 unspecified atom stereocenters. The van der Waals surface area contributed by atoms with E-state index in [9.17, 15) is 9.59 Å². The second-order valence-electron chi connectivity index (χ2n) is 5.93. The monoisotopic (exact) mass is 328 g/mol. The highest BCUT2D eigenvalue weighted by Gasteiger charge is 2.30. The highest BCUT2D eigenvalue weighted by atomic mass is 16.2. The molecule has 1 aliphatic heterocycles. The van der Waals surface area contributed by atoms with Crippen molar-refractivity contribution in [2.75, 3.05) is 31.6 Å². The van der Waals surface area contributed by atoms with Gasteiger partial charge in [-0.1, -0.05) is 6.58 Å². The van der Waals surface area contributed by atoms with Crippen LogP contribution in [0.3, 0.4) is 0 Å². The second kappa shape index (κ2) is 6.31. The zero-order valence-electron chi connectivity index (χ0n) is 13.8. The number of aryl methyl sites for hydroxylation is 1. The number of aromatic nitrogens is 3. The van der Waals surface area contributed by atoms with Gasteiger partial charge in [0.05, 0.1) is 18.3 Å². The summed E-state index contributed by atoms with van der Waals surface area (Å²) in [4.78, 5) is 31.2. The van der Waals surface area contributed by atoms with Crippen molar-refractivity contribution in [3.63, 3.8) is 0 Å². The lowest BCUT2D eigenvalue weighted by molar-refractivity contribution is -0.131. The van der Waals surface area contributed by atoms with Gasteiger partial charge >= 0.3 is 0 Å². The van der Waals surface area contributed by atoms with E-state index in [2.05, 4.69) is 26.9 Å². The number of hydrogen-bond acceptors (Lipinski definition) is 5. The van der Waals surface area contributed by atoms with Gasteiger partial charge in [-0.15, -0.1) is 0 Å². The number of likely N-dealkylation sites (N-methyl/N-ethyl adjacent to an activating group) is 1. The highest BCUT2D eigenvalue weighted by molar-refractivity contribution is 5.90. The Hall–Kier alpha value is -2.90. The number of hydrogen-bond donors (Lipinski definition) is 1. The fraction of sp³-hybridized carbons (Fsp3) is 0.375. The lowest BCUT2D eigenvalue weighted by atomic mass is 10.1. The Balaban J connectivity index is 1.56. The Bertz CT molecular complexity index is 793. The van der Waals surface area contributed by atoms with Gasteiger partial charge in [-0.25, -0.2) is 9.50 Å². The molecule has 1 N–H and O–H groups in total. The quantitative estimate of drug-likeness (QED) is 0.781. The van der Waals surface area contributed by atoms with Crippen LogP contribution in [0.4, 0.5) is 5.82 Å². The minimum Gasteiger partial charge on any atom is -0.351 e. The van der Waals surface area contributed by atoms with Crippen molar-refractivity contribution >= 4 is 23.1 Å². The molecule has 1 saturated heterocycles. The van der Waals surface area contributed by atoms with E-state index in [4.69, 9.17) is 0 Å². The van der Waals surface area contributed by atoms with E-state index in [1.54, 1.807) is 17.8 Å². The van der Waals surface area contributed by atoms with E-state index in [-0.39, 0.29) is 24.4 Å². The first-order valence-electron chi connectivity index (χ1n) is 7.70. The topological polar surface area (TPSA) is 82.8 Å². The summed E-state index contributed by atoms with van der Waals surface area (Å²) < 4.78 is 1.80. The first kappa shape index (κ1) is 16.0. The molecule has 0 aromatic carbocycles. The molecule has 0 saturated carbocycles. The van der Waals surface area contributed by atoms with E-state index in [1.165, 1.54) is 11.0 Å². The van der Waals surface area contributed by atoms with Crippen LogP contribution in [0.25, 0.3) is 5.52 Å². The number of fused-ring (bicyclic) bond motifs is 1. The van der Waals surface area contributed by atoms with Gasteiger partial charge in [-0.2, -0.15) is 5.10 Å². The van der Waals surface area contributed by atoms with Crippen molar-refractivity contribution in [1.29, 1.82) is 0 Å². The zero-order valence-corrected chi connectivity index (χ0v) is 13.8. The molecule has 0 radical (unpaired) electrons. The third-order valence-corrected chi connectivity index (χ3v) is 3.97. The average Bonchev–Trinajstić information content (AvgIpc) is 2.89. The van der Waals surface area contributed by atoms with Gasteiger partial charge < -0.3 is 15.1 Å². The van der Waals surface area contributed by atoms with Gasteiger partial charge in [-0.05, 0) is 19.1 Å². The number of nitrogens with zero attached hydrogens (tertiary/aromatic N) is 5. The van der Waals surface area contributed by atoms with Gasteiger partial charge in [0, 0.05) is 32.5 Å². The Morgan fingerprint density at radius 3 is 2.96 bits per heavy atom. The van der Waals surface area contributed by atoms with Gasteiger partial charge in [0.15, 0.2) is 5.82 Å². The van der Waals surface area contributed by atoms with Crippen LogP contribution in [0.15, 0.2) is 31.1 Å². The summed E-state index contributed by atoms with van der Waals surface area (Å²) in [6, 6.07) is 2.04. The Morgan fingerprint density at radius 1 is 1.50 bits per heavy atom. The third-order valence-electron chi connectivity index (χ3n) is 3.97. The lowest BCUT2D eigenvalue weighted by Gasteiger charge is -2.40. The molecule has 2 amide bonds. The SMILES string of the molecule is C=CC(=O)N(C)CC(=O)NC1CN(c2nccn3nc(C)cc23)C1. The van der Waals surface area contributed by atoms with Crippen LogP contribution in [-0.2, 0) is 9.59 Å². The van der Waals surface area contributed by atoms with Gasteiger partial charge in [0.1, 0.15) is 5.52 Å². The predicted molar refractivity (Wildman–Crippen MR) is 89.7 cm³/mol. The standard InChI is InChI=1S/C16H20N6O2/c1-4-15(24)20(3)10-14(23)18-12-8-21(9-12)16-13-7-11(2)19-22(13)6-5-17-16/h4-7,12H,1,8-10H2,2-3H3,(H,18,23). The molecular formula is C16H20N6O2. The minimum absolute atomic E-state index is 0.0248. The average molecular weight is 328 g/mol. The summed E-state index contributed by atoms with van der Waals surface area (Å²) in [7, 11) is 1.57. The van der Waals surface area contributed by atoms with E-state index in [0.717, 1.165) is 17.0 Å². The fourth-order valence-electron chi connectivity index (χ4n) is 2.74. The number of rotatable bonds is 5. The highest BCUT2D eigenvalue weighted by Crippen LogP contribution is 2.24. The number of carbonyl (C=O) groups is 2. The summed E-state index contributed by atoms with van der Waals surface area (Å²) in [5.41, 5.74) is 1.89. The van der Waals surface area contributed by atoms with Crippen LogP contribution >= 0.6 is 0 Å². The molecule has 8 nitrogen and oxygen atoms in total. The maximum Gasteiger partial charge on any atom is 0.246 e. The Kier molecular flexibility index (Phi) is 4.20. The molecule has 1 aliphatic rings. The largest absolute Gasteiger partial charge is 0.351 e. The van der Waals surface area contributed by atoms with Crippen LogP contribution < -0.4 is 10.2 Å². The Morgan fingerprint density at radius 2 is 2.25 bits per heavy atom. The van der Waals surface area contributed by atoms with Gasteiger partial charge in [0.25, 0.3) is 0 Å². The molecule has 0 bridgehead atoms. The summed E-state index contributed by atoms with van der Waals surface area (Å²) in [5, 5.41) is 7.29. The number of carbonyl (C=O) groups excluding carboxylic acids is 2. The molecule has 3 rings (SSSR count). The molecular weight excluding hydrogens is 308 g/mol. The van der Waals surface area contributed by atoms with E-state index < -0.39 is 0 Å². The first-order chi connectivity index (χ1) is 11.5. The van der Waals surface area contributed by atoms with Crippen LogP contribution in [0.5, 0.6) is 0 Å². The van der Waals surface area contributed by atoms with Gasteiger partial charge in [0.2, 0.25) is 11.8 Å². The summed E-state index contributed by atoms with van der Waals surface area (Å²) in [6.07, 6.45) is 4.73. The lowest BCUT2D eigenvalue weighted by Crippen LogP contribution is -2.60. The molecule has 2 aromatic rings. The normalized spacial score (nSPS) is 14.3. The molecule has 8 heteroatoms. The molecule has 1 fully saturated rings. The molecule has 0 atom stereocenters. The van der Waals surface area contributed by atoms with Crippen LogP contribution in [0.1, 0.15) is 5.69 Å². The summed E-state index contributed by atoms with van der Waals surface area (Å²) in [5.74, 6) is 0.415. The van der Waals surface area contributed by atoms with Crippen molar-refractivity contribution in [2.45, 2.75) is 13.0 Å². The maximum absolute atomic E-state index is 11.9. The second-order valence-corrected chi connectivity index (χ2v) is 5.93. The molecule has 24 heavy (non-hydrogen) atoms. The smallest absolute Gasteiger partial charge is 0.246 e. The predicted octanol–water partition coefficient (Wildman–Crippen LogP) is -0.0131. The molecule has 3 heterocycles. The van der Waals surface area contributed by atoms with Crippen molar-refractivity contribution < 1.29 is 9.59 Å². The van der Waals surface area contributed by atoms with E-state index in [1.807, 2.05) is 19.2 Å².